The summed E-state index contributed by atoms with van der Waals surface area (Å²) in [5.74, 6) is 2.36. The number of hydrogen-bond acceptors (Lipinski definition) is 3. The number of carbonyl (C=O) groups is 1. The number of azide groups is 1. The highest BCUT2D eigenvalue weighted by molar-refractivity contribution is 5.75. The third-order valence-electron chi connectivity index (χ3n) is 1.89. The lowest BCUT2D eigenvalue weighted by Gasteiger charge is -2.16. The smallest absolute Gasteiger partial charge is 0.222 e. The van der Waals surface area contributed by atoms with Crippen LogP contribution >= 0.6 is 0 Å². The second kappa shape index (κ2) is 9.84. The molecule has 6 heteroatoms. The summed E-state index contributed by atoms with van der Waals surface area (Å²) in [6.45, 7) is 1.56. The predicted molar refractivity (Wildman–Crippen MR) is 60.5 cm³/mol. The molecule has 0 saturated heterocycles. The summed E-state index contributed by atoms with van der Waals surface area (Å²) >= 11 is 0. The van der Waals surface area contributed by atoms with Crippen molar-refractivity contribution >= 4 is 5.91 Å². The summed E-state index contributed by atoms with van der Waals surface area (Å²) < 4.78 is 5.05. The maximum absolute atomic E-state index is 11.5. The summed E-state index contributed by atoms with van der Waals surface area (Å²) in [5, 5.41) is 3.35. The molecule has 0 bridgehead atoms. The molecule has 1 amide bonds. The normalized spacial score (nSPS) is 9.00. The third-order valence-corrected chi connectivity index (χ3v) is 1.89. The number of hydrogen-bond donors (Lipinski definition) is 0. The van der Waals surface area contributed by atoms with Crippen LogP contribution in [0.2, 0.25) is 0 Å². The molecule has 0 heterocycles. The van der Waals surface area contributed by atoms with E-state index in [1.807, 2.05) is 0 Å². The minimum Gasteiger partial charge on any atom is -0.367 e. The number of nitrogens with zero attached hydrogens (tertiary/aromatic N) is 4. The highest BCUT2D eigenvalue weighted by Crippen LogP contribution is 1.96. The first kappa shape index (κ1) is 14.3. The van der Waals surface area contributed by atoms with Gasteiger partial charge in [0.15, 0.2) is 0 Å². The Bertz CT molecular complexity index is 292. The van der Waals surface area contributed by atoms with Gasteiger partial charge in [0.05, 0.1) is 6.61 Å². The molecule has 0 unspecified atom stereocenters. The van der Waals surface area contributed by atoms with Crippen LogP contribution in [0.25, 0.3) is 10.4 Å². The number of amides is 1. The molecule has 0 aromatic carbocycles. The standard InChI is InChI=1S/C10H16N4O2/c1-3-8-16-9-7-14(2)10(15)5-4-6-12-13-11/h1H,4-9H2,2H3. The van der Waals surface area contributed by atoms with Crippen LogP contribution in [0.15, 0.2) is 5.11 Å². The summed E-state index contributed by atoms with van der Waals surface area (Å²) in [5.41, 5.74) is 8.04. The molecule has 0 rings (SSSR count). The van der Waals surface area contributed by atoms with Gasteiger partial charge < -0.3 is 9.64 Å². The zero-order valence-corrected chi connectivity index (χ0v) is 9.43. The van der Waals surface area contributed by atoms with Crippen molar-refractivity contribution in [2.24, 2.45) is 5.11 Å². The Balaban J connectivity index is 3.57. The summed E-state index contributed by atoms with van der Waals surface area (Å²) in [6.07, 6.45) is 5.95. The summed E-state index contributed by atoms with van der Waals surface area (Å²) in [6, 6.07) is 0. The Kier molecular flexibility index (Phi) is 8.79. The van der Waals surface area contributed by atoms with Crippen molar-refractivity contribution in [3.05, 3.63) is 10.4 Å². The second-order valence-electron chi connectivity index (χ2n) is 3.13. The van der Waals surface area contributed by atoms with E-state index < -0.39 is 0 Å². The van der Waals surface area contributed by atoms with Crippen LogP contribution in [0.4, 0.5) is 0 Å². The lowest BCUT2D eigenvalue weighted by atomic mass is 10.3. The van der Waals surface area contributed by atoms with Crippen LogP contribution in [0.3, 0.4) is 0 Å². The first-order chi connectivity index (χ1) is 7.72. The molecule has 0 atom stereocenters. The minimum absolute atomic E-state index is 0.0115. The van der Waals surface area contributed by atoms with Crippen molar-refractivity contribution in [2.75, 3.05) is 33.4 Å². The molecule has 0 aromatic rings. The molecule has 16 heavy (non-hydrogen) atoms. The fraction of sp³-hybridized carbons (Fsp3) is 0.700. The number of carbonyl (C=O) groups excluding carboxylic acids is 1. The number of ether oxygens (including phenoxy) is 1. The average Bonchev–Trinajstić information content (AvgIpc) is 2.29. The molecule has 0 aliphatic carbocycles. The molecule has 0 aromatic heterocycles. The minimum atomic E-state index is 0.0115. The van der Waals surface area contributed by atoms with Gasteiger partial charge in [0.1, 0.15) is 6.61 Å². The van der Waals surface area contributed by atoms with Crippen molar-refractivity contribution in [3.8, 4) is 12.3 Å². The molecular weight excluding hydrogens is 208 g/mol. The van der Waals surface area contributed by atoms with E-state index in [1.165, 1.54) is 0 Å². The van der Waals surface area contributed by atoms with E-state index in [9.17, 15) is 4.79 Å². The summed E-state index contributed by atoms with van der Waals surface area (Å²) in [7, 11) is 1.70. The quantitative estimate of drug-likeness (QED) is 0.204. The van der Waals surface area contributed by atoms with E-state index in [0.29, 0.717) is 32.5 Å². The Labute approximate surface area is 95.2 Å². The van der Waals surface area contributed by atoms with E-state index in [0.717, 1.165) is 0 Å². The van der Waals surface area contributed by atoms with Gasteiger partial charge in [0, 0.05) is 31.5 Å². The van der Waals surface area contributed by atoms with Crippen molar-refractivity contribution in [3.63, 3.8) is 0 Å². The van der Waals surface area contributed by atoms with Gasteiger partial charge in [-0.3, -0.25) is 4.79 Å². The van der Waals surface area contributed by atoms with Crippen molar-refractivity contribution in [1.82, 2.24) is 4.90 Å². The number of likely N-dealkylation sites (N-methyl/N-ethyl adjacent to an activating group) is 1. The third kappa shape index (κ3) is 7.68. The van der Waals surface area contributed by atoms with Gasteiger partial charge >= 0.3 is 0 Å². The fourth-order valence-electron chi connectivity index (χ4n) is 0.994. The SMILES string of the molecule is C#CCOCCN(C)C(=O)CCCN=[N+]=[N-]. The van der Waals surface area contributed by atoms with Gasteiger partial charge in [-0.1, -0.05) is 11.0 Å². The van der Waals surface area contributed by atoms with Crippen LogP contribution in [-0.2, 0) is 9.53 Å². The zero-order valence-electron chi connectivity index (χ0n) is 9.43. The van der Waals surface area contributed by atoms with Crippen LogP contribution < -0.4 is 0 Å². The molecule has 0 spiro atoms. The van der Waals surface area contributed by atoms with Crippen LogP contribution in [-0.4, -0.2) is 44.2 Å². The maximum Gasteiger partial charge on any atom is 0.222 e. The van der Waals surface area contributed by atoms with E-state index >= 15 is 0 Å². The lowest BCUT2D eigenvalue weighted by molar-refractivity contribution is -0.130. The topological polar surface area (TPSA) is 78.3 Å². The van der Waals surface area contributed by atoms with E-state index in [2.05, 4.69) is 15.9 Å². The Morgan fingerprint density at radius 2 is 2.44 bits per heavy atom. The van der Waals surface area contributed by atoms with Crippen molar-refractivity contribution < 1.29 is 9.53 Å². The van der Waals surface area contributed by atoms with Crippen LogP contribution in [0.1, 0.15) is 12.8 Å². The fourth-order valence-corrected chi connectivity index (χ4v) is 0.994. The zero-order chi connectivity index (χ0) is 12.2. The number of rotatable bonds is 8. The van der Waals surface area contributed by atoms with E-state index in [1.54, 1.807) is 11.9 Å². The Hall–Kier alpha value is -1.70. The molecule has 0 aliphatic rings. The first-order valence-corrected chi connectivity index (χ1v) is 4.98. The van der Waals surface area contributed by atoms with Gasteiger partial charge in [0.2, 0.25) is 5.91 Å². The van der Waals surface area contributed by atoms with E-state index in [-0.39, 0.29) is 12.5 Å². The van der Waals surface area contributed by atoms with Crippen LogP contribution in [0, 0.1) is 12.3 Å². The maximum atomic E-state index is 11.5. The van der Waals surface area contributed by atoms with Gasteiger partial charge in [-0.15, -0.1) is 6.42 Å². The van der Waals surface area contributed by atoms with Gasteiger partial charge in [-0.25, -0.2) is 0 Å². The predicted octanol–water partition coefficient (Wildman–Crippen LogP) is 1.19. The second-order valence-corrected chi connectivity index (χ2v) is 3.13. The molecule has 0 saturated carbocycles. The molecule has 0 N–H and O–H groups in total. The molecule has 88 valence electrons. The summed E-state index contributed by atoms with van der Waals surface area (Å²) in [4.78, 5) is 15.6. The Morgan fingerprint density at radius 1 is 1.69 bits per heavy atom. The largest absolute Gasteiger partial charge is 0.367 e. The van der Waals surface area contributed by atoms with Crippen molar-refractivity contribution in [1.29, 1.82) is 0 Å². The molecule has 0 fully saturated rings. The average molecular weight is 224 g/mol. The van der Waals surface area contributed by atoms with Gasteiger partial charge in [-0.2, -0.15) is 0 Å². The highest BCUT2D eigenvalue weighted by Gasteiger charge is 2.06. The molecule has 0 radical (unpaired) electrons. The molecule has 6 nitrogen and oxygen atoms in total. The molecular formula is C10H16N4O2. The van der Waals surface area contributed by atoms with Gasteiger partial charge in [0.25, 0.3) is 0 Å². The van der Waals surface area contributed by atoms with Crippen LogP contribution in [0.5, 0.6) is 0 Å². The monoisotopic (exact) mass is 224 g/mol. The Morgan fingerprint density at radius 3 is 3.06 bits per heavy atom. The number of terminal acetylenes is 1. The first-order valence-electron chi connectivity index (χ1n) is 4.98. The lowest BCUT2D eigenvalue weighted by Crippen LogP contribution is -2.30. The van der Waals surface area contributed by atoms with E-state index in [4.69, 9.17) is 16.7 Å². The van der Waals surface area contributed by atoms with Gasteiger partial charge in [-0.05, 0) is 12.0 Å². The highest BCUT2D eigenvalue weighted by atomic mass is 16.5. The molecule has 0 aliphatic heterocycles. The van der Waals surface area contributed by atoms with Crippen molar-refractivity contribution in [2.45, 2.75) is 12.8 Å².